The van der Waals surface area contributed by atoms with Crippen molar-refractivity contribution in [2.75, 3.05) is 26.7 Å². The Morgan fingerprint density at radius 2 is 2.28 bits per heavy atom. The topological polar surface area (TPSA) is 49.9 Å². The standard InChI is InChI=1S/C20H24N2O3/c1-4-12-21(13-5-2)20(24)17-10-11-19(23)22(15-17)14-16-8-6-7-9-18(16)25-3/h1,5-9,17H,2,10-15H2,3H3/t17-/m1/s1. The van der Waals surface area contributed by atoms with Crippen LogP contribution in [0.25, 0.3) is 0 Å². The molecule has 5 nitrogen and oxygen atoms in total. The number of para-hydroxylation sites is 1. The lowest BCUT2D eigenvalue weighted by molar-refractivity contribution is -0.142. The molecule has 0 bridgehead atoms. The first-order valence-electron chi connectivity index (χ1n) is 8.33. The van der Waals surface area contributed by atoms with E-state index in [-0.39, 0.29) is 24.3 Å². The van der Waals surface area contributed by atoms with Crippen LogP contribution in [0.5, 0.6) is 5.75 Å². The summed E-state index contributed by atoms with van der Waals surface area (Å²) in [6.45, 7) is 5.17. The number of rotatable bonds is 7. The highest BCUT2D eigenvalue weighted by Crippen LogP contribution is 2.25. The van der Waals surface area contributed by atoms with E-state index in [1.807, 2.05) is 24.3 Å². The van der Waals surface area contributed by atoms with Crippen LogP contribution < -0.4 is 4.74 Å². The average Bonchev–Trinajstić information content (AvgIpc) is 2.63. The Labute approximate surface area is 149 Å². The Bertz CT molecular complexity index is 678. The van der Waals surface area contributed by atoms with Crippen molar-refractivity contribution in [3.8, 4) is 18.1 Å². The van der Waals surface area contributed by atoms with Gasteiger partial charge in [0.1, 0.15) is 5.75 Å². The number of piperidine rings is 1. The van der Waals surface area contributed by atoms with Crippen LogP contribution in [0, 0.1) is 18.3 Å². The van der Waals surface area contributed by atoms with E-state index < -0.39 is 0 Å². The number of terminal acetylenes is 1. The van der Waals surface area contributed by atoms with Crippen molar-refractivity contribution in [2.24, 2.45) is 5.92 Å². The second-order valence-electron chi connectivity index (χ2n) is 6.03. The molecular formula is C20H24N2O3. The van der Waals surface area contributed by atoms with E-state index in [4.69, 9.17) is 11.2 Å². The van der Waals surface area contributed by atoms with Gasteiger partial charge in [-0.2, -0.15) is 0 Å². The predicted octanol–water partition coefficient (Wildman–Crippen LogP) is 2.08. The number of likely N-dealkylation sites (tertiary alicyclic amines) is 1. The molecule has 0 spiro atoms. The van der Waals surface area contributed by atoms with Crippen molar-refractivity contribution < 1.29 is 14.3 Å². The van der Waals surface area contributed by atoms with Gasteiger partial charge in [-0.05, 0) is 12.5 Å². The van der Waals surface area contributed by atoms with Gasteiger partial charge >= 0.3 is 0 Å². The van der Waals surface area contributed by atoms with Crippen LogP contribution in [0.15, 0.2) is 36.9 Å². The van der Waals surface area contributed by atoms with E-state index in [1.165, 1.54) is 0 Å². The van der Waals surface area contributed by atoms with Crippen LogP contribution in [0.2, 0.25) is 0 Å². The van der Waals surface area contributed by atoms with Crippen molar-refractivity contribution in [3.63, 3.8) is 0 Å². The van der Waals surface area contributed by atoms with Crippen molar-refractivity contribution in [1.82, 2.24) is 9.80 Å². The Kier molecular flexibility index (Phi) is 6.64. The highest BCUT2D eigenvalue weighted by atomic mass is 16.5. The molecule has 0 N–H and O–H groups in total. The third kappa shape index (κ3) is 4.63. The van der Waals surface area contributed by atoms with Crippen LogP contribution in [-0.4, -0.2) is 48.4 Å². The molecule has 132 valence electrons. The molecule has 0 radical (unpaired) electrons. The van der Waals surface area contributed by atoms with Gasteiger partial charge in [0.2, 0.25) is 11.8 Å². The number of benzene rings is 1. The highest BCUT2D eigenvalue weighted by Gasteiger charge is 2.32. The van der Waals surface area contributed by atoms with Crippen LogP contribution >= 0.6 is 0 Å². The van der Waals surface area contributed by atoms with E-state index in [0.717, 1.165) is 11.3 Å². The summed E-state index contributed by atoms with van der Waals surface area (Å²) in [6, 6.07) is 7.60. The monoisotopic (exact) mass is 340 g/mol. The van der Waals surface area contributed by atoms with E-state index in [2.05, 4.69) is 12.5 Å². The zero-order chi connectivity index (χ0) is 18.2. The van der Waals surface area contributed by atoms with Gasteiger partial charge in [-0.25, -0.2) is 0 Å². The fourth-order valence-electron chi connectivity index (χ4n) is 3.07. The van der Waals surface area contributed by atoms with Crippen molar-refractivity contribution >= 4 is 11.8 Å². The third-order valence-electron chi connectivity index (χ3n) is 4.35. The molecule has 0 unspecified atom stereocenters. The van der Waals surface area contributed by atoms with Gasteiger partial charge in [-0.3, -0.25) is 9.59 Å². The molecule has 1 heterocycles. The van der Waals surface area contributed by atoms with Gasteiger partial charge in [0.15, 0.2) is 0 Å². The van der Waals surface area contributed by atoms with E-state index in [0.29, 0.717) is 32.5 Å². The Morgan fingerprint density at radius 3 is 2.96 bits per heavy atom. The first-order valence-corrected chi connectivity index (χ1v) is 8.33. The summed E-state index contributed by atoms with van der Waals surface area (Å²) < 4.78 is 5.35. The molecule has 0 saturated carbocycles. The number of hydrogen-bond acceptors (Lipinski definition) is 3. The summed E-state index contributed by atoms with van der Waals surface area (Å²) in [5, 5.41) is 0. The largest absolute Gasteiger partial charge is 0.496 e. The van der Waals surface area contributed by atoms with E-state index in [1.54, 1.807) is 23.0 Å². The lowest BCUT2D eigenvalue weighted by atomic mass is 9.95. The number of ether oxygens (including phenoxy) is 1. The number of carbonyl (C=O) groups is 2. The summed E-state index contributed by atoms with van der Waals surface area (Å²) >= 11 is 0. The summed E-state index contributed by atoms with van der Waals surface area (Å²) in [6.07, 6.45) is 7.93. The lowest BCUT2D eigenvalue weighted by Crippen LogP contribution is -2.46. The number of nitrogens with zero attached hydrogens (tertiary/aromatic N) is 2. The second kappa shape index (κ2) is 8.93. The van der Waals surface area contributed by atoms with Crippen molar-refractivity contribution in [1.29, 1.82) is 0 Å². The quantitative estimate of drug-likeness (QED) is 0.564. The lowest BCUT2D eigenvalue weighted by Gasteiger charge is -2.34. The molecule has 2 rings (SSSR count). The number of carbonyl (C=O) groups excluding carboxylic acids is 2. The van der Waals surface area contributed by atoms with Crippen LogP contribution in [0.3, 0.4) is 0 Å². The molecule has 25 heavy (non-hydrogen) atoms. The summed E-state index contributed by atoms with van der Waals surface area (Å²) in [7, 11) is 1.61. The number of amides is 2. The fourth-order valence-corrected chi connectivity index (χ4v) is 3.07. The Morgan fingerprint density at radius 1 is 1.52 bits per heavy atom. The Balaban J connectivity index is 2.10. The van der Waals surface area contributed by atoms with Crippen LogP contribution in [0.1, 0.15) is 18.4 Å². The first kappa shape index (κ1) is 18.6. The smallest absolute Gasteiger partial charge is 0.228 e. The van der Waals surface area contributed by atoms with Gasteiger partial charge in [-0.1, -0.05) is 30.2 Å². The molecule has 2 amide bonds. The van der Waals surface area contributed by atoms with Gasteiger partial charge in [-0.15, -0.1) is 13.0 Å². The summed E-state index contributed by atoms with van der Waals surface area (Å²) in [4.78, 5) is 28.4. The minimum Gasteiger partial charge on any atom is -0.496 e. The van der Waals surface area contributed by atoms with E-state index in [9.17, 15) is 9.59 Å². The summed E-state index contributed by atoms with van der Waals surface area (Å²) in [5.41, 5.74) is 0.929. The number of methoxy groups -OCH3 is 1. The minimum atomic E-state index is -0.235. The molecule has 1 atom stereocenters. The van der Waals surface area contributed by atoms with Gasteiger partial charge < -0.3 is 14.5 Å². The van der Waals surface area contributed by atoms with Gasteiger partial charge in [0.25, 0.3) is 0 Å². The molecule has 1 fully saturated rings. The predicted molar refractivity (Wildman–Crippen MR) is 96.7 cm³/mol. The molecule has 1 aliphatic rings. The molecular weight excluding hydrogens is 316 g/mol. The molecule has 5 heteroatoms. The molecule has 1 aromatic carbocycles. The maximum Gasteiger partial charge on any atom is 0.228 e. The second-order valence-corrected chi connectivity index (χ2v) is 6.03. The van der Waals surface area contributed by atoms with Crippen molar-refractivity contribution in [2.45, 2.75) is 19.4 Å². The van der Waals surface area contributed by atoms with Gasteiger partial charge in [0, 0.05) is 31.6 Å². The normalized spacial score (nSPS) is 16.9. The molecule has 0 aromatic heterocycles. The minimum absolute atomic E-state index is 0.0182. The molecule has 1 aliphatic heterocycles. The molecule has 1 saturated heterocycles. The highest BCUT2D eigenvalue weighted by molar-refractivity contribution is 5.84. The maximum atomic E-state index is 12.7. The van der Waals surface area contributed by atoms with E-state index >= 15 is 0 Å². The zero-order valence-corrected chi connectivity index (χ0v) is 14.6. The molecule has 1 aromatic rings. The number of hydrogen-bond donors (Lipinski definition) is 0. The zero-order valence-electron chi connectivity index (χ0n) is 14.6. The Hall–Kier alpha value is -2.74. The van der Waals surface area contributed by atoms with Crippen LogP contribution in [-0.2, 0) is 16.1 Å². The average molecular weight is 340 g/mol. The SMILES string of the molecule is C#CCN(CC=C)C(=O)[C@@H]1CCC(=O)N(Cc2ccccc2OC)C1. The maximum absolute atomic E-state index is 12.7. The third-order valence-corrected chi connectivity index (χ3v) is 4.35. The summed E-state index contributed by atoms with van der Waals surface area (Å²) in [5.74, 6) is 3.05. The van der Waals surface area contributed by atoms with Gasteiger partial charge in [0.05, 0.1) is 19.6 Å². The first-order chi connectivity index (χ1) is 12.1. The fraction of sp³-hybridized carbons (Fsp3) is 0.400. The van der Waals surface area contributed by atoms with Crippen molar-refractivity contribution in [3.05, 3.63) is 42.5 Å². The molecule has 0 aliphatic carbocycles. The van der Waals surface area contributed by atoms with Crippen LogP contribution in [0.4, 0.5) is 0 Å².